The van der Waals surface area contributed by atoms with Gasteiger partial charge in [0.15, 0.2) is 6.23 Å². The Morgan fingerprint density at radius 1 is 1.05 bits per heavy atom. The van der Waals surface area contributed by atoms with Crippen LogP contribution in [0.4, 0.5) is 5.69 Å². The predicted octanol–water partition coefficient (Wildman–Crippen LogP) is 3.66. The summed E-state index contributed by atoms with van der Waals surface area (Å²) in [4.78, 5) is 0. The van der Waals surface area contributed by atoms with Crippen LogP contribution in [0, 0.1) is 0 Å². The van der Waals surface area contributed by atoms with E-state index >= 15 is 0 Å². The third kappa shape index (κ3) is 2.58. The maximum Gasteiger partial charge on any atom is 0.156 e. The number of hydrazone groups is 1. The van der Waals surface area contributed by atoms with Crippen molar-refractivity contribution in [1.82, 2.24) is 0 Å². The van der Waals surface area contributed by atoms with Gasteiger partial charge in [0, 0.05) is 13.0 Å². The molecule has 0 radical (unpaired) electrons. The Hall–Kier alpha value is -2.13. The first-order valence-electron chi connectivity index (χ1n) is 6.97. The van der Waals surface area contributed by atoms with E-state index in [9.17, 15) is 0 Å². The van der Waals surface area contributed by atoms with Gasteiger partial charge in [0.05, 0.1) is 11.4 Å². The predicted molar refractivity (Wildman–Crippen MR) is 81.9 cm³/mol. The Balaban J connectivity index is 1.91. The van der Waals surface area contributed by atoms with Gasteiger partial charge in [0.2, 0.25) is 0 Å². The molecule has 0 amide bonds. The van der Waals surface area contributed by atoms with Crippen molar-refractivity contribution in [1.29, 1.82) is 0 Å². The van der Waals surface area contributed by atoms with Gasteiger partial charge in [-0.05, 0) is 24.6 Å². The highest BCUT2D eigenvalue weighted by Gasteiger charge is 2.28. The van der Waals surface area contributed by atoms with Gasteiger partial charge < -0.3 is 4.74 Å². The molecule has 1 heterocycles. The number of benzene rings is 2. The van der Waals surface area contributed by atoms with E-state index in [0.717, 1.165) is 23.4 Å². The standard InChI is InChI=1S/C17H18N2O/c1-2-20-17-13-16(14-9-5-3-6-10-14)18-19(17)15-11-7-4-8-12-15/h3-12,17H,2,13H2,1H3/t17-/m1/s1. The number of para-hydroxylation sites is 1. The van der Waals surface area contributed by atoms with Crippen LogP contribution >= 0.6 is 0 Å². The molecular weight excluding hydrogens is 248 g/mol. The van der Waals surface area contributed by atoms with Crippen molar-refractivity contribution >= 4 is 11.4 Å². The van der Waals surface area contributed by atoms with Crippen LogP contribution in [-0.4, -0.2) is 18.5 Å². The Labute approximate surface area is 119 Å². The number of ether oxygens (including phenoxy) is 1. The molecule has 0 saturated heterocycles. The zero-order valence-electron chi connectivity index (χ0n) is 11.6. The zero-order valence-corrected chi connectivity index (χ0v) is 11.6. The molecule has 0 aromatic heterocycles. The average molecular weight is 266 g/mol. The van der Waals surface area contributed by atoms with E-state index in [2.05, 4.69) is 24.3 Å². The maximum absolute atomic E-state index is 5.83. The SMILES string of the molecule is CCO[C@@H]1CC(c2ccccc2)=NN1c1ccccc1. The second kappa shape index (κ2) is 5.88. The number of hydrogen-bond acceptors (Lipinski definition) is 3. The van der Waals surface area contributed by atoms with E-state index in [-0.39, 0.29) is 6.23 Å². The molecule has 1 atom stereocenters. The molecule has 0 unspecified atom stereocenters. The molecule has 0 N–H and O–H groups in total. The lowest BCUT2D eigenvalue weighted by atomic mass is 10.1. The molecule has 0 spiro atoms. The summed E-state index contributed by atoms with van der Waals surface area (Å²) in [6.07, 6.45) is 0.796. The van der Waals surface area contributed by atoms with Crippen molar-refractivity contribution in [3.05, 3.63) is 66.2 Å². The van der Waals surface area contributed by atoms with Gasteiger partial charge in [-0.2, -0.15) is 5.10 Å². The van der Waals surface area contributed by atoms with Crippen molar-refractivity contribution < 1.29 is 4.74 Å². The van der Waals surface area contributed by atoms with Crippen LogP contribution < -0.4 is 5.01 Å². The van der Waals surface area contributed by atoms with Crippen LogP contribution in [0.25, 0.3) is 0 Å². The molecule has 2 aromatic carbocycles. The molecule has 0 saturated carbocycles. The Bertz CT molecular complexity index is 580. The minimum atomic E-state index is -0.0161. The summed E-state index contributed by atoms with van der Waals surface area (Å²) in [5.74, 6) is 0. The number of anilines is 1. The van der Waals surface area contributed by atoms with E-state index in [4.69, 9.17) is 9.84 Å². The third-order valence-corrected chi connectivity index (χ3v) is 3.36. The monoisotopic (exact) mass is 266 g/mol. The van der Waals surface area contributed by atoms with Gasteiger partial charge in [-0.25, -0.2) is 5.01 Å². The highest BCUT2D eigenvalue weighted by molar-refractivity contribution is 6.02. The molecule has 3 rings (SSSR count). The highest BCUT2D eigenvalue weighted by Crippen LogP contribution is 2.27. The minimum absolute atomic E-state index is 0.0161. The Morgan fingerprint density at radius 2 is 1.70 bits per heavy atom. The number of hydrogen-bond donors (Lipinski definition) is 0. The zero-order chi connectivity index (χ0) is 13.8. The molecule has 0 aliphatic carbocycles. The summed E-state index contributed by atoms with van der Waals surface area (Å²) in [5, 5.41) is 6.73. The van der Waals surface area contributed by atoms with E-state index in [1.165, 1.54) is 0 Å². The molecule has 102 valence electrons. The third-order valence-electron chi connectivity index (χ3n) is 3.36. The summed E-state index contributed by atoms with van der Waals surface area (Å²) in [5.41, 5.74) is 3.31. The van der Waals surface area contributed by atoms with Crippen LogP contribution in [-0.2, 0) is 4.74 Å². The fourth-order valence-electron chi connectivity index (χ4n) is 2.42. The molecule has 0 fully saturated rings. The van der Waals surface area contributed by atoms with Gasteiger partial charge in [-0.15, -0.1) is 0 Å². The maximum atomic E-state index is 5.83. The van der Waals surface area contributed by atoms with Gasteiger partial charge in [0.25, 0.3) is 0 Å². The molecule has 3 nitrogen and oxygen atoms in total. The largest absolute Gasteiger partial charge is 0.356 e. The summed E-state index contributed by atoms with van der Waals surface area (Å²) in [6.45, 7) is 2.70. The molecule has 2 aromatic rings. The van der Waals surface area contributed by atoms with Crippen molar-refractivity contribution in [2.24, 2.45) is 5.10 Å². The first-order valence-corrected chi connectivity index (χ1v) is 6.97. The van der Waals surface area contributed by atoms with Crippen LogP contribution in [0.15, 0.2) is 65.8 Å². The molecule has 1 aliphatic rings. The van der Waals surface area contributed by atoms with Gasteiger partial charge in [0.1, 0.15) is 0 Å². The Kier molecular flexibility index (Phi) is 3.79. The molecule has 1 aliphatic heterocycles. The molecule has 3 heteroatoms. The van der Waals surface area contributed by atoms with E-state index in [0.29, 0.717) is 6.61 Å². The topological polar surface area (TPSA) is 24.8 Å². The van der Waals surface area contributed by atoms with Crippen LogP contribution in [0.2, 0.25) is 0 Å². The fourth-order valence-corrected chi connectivity index (χ4v) is 2.42. The van der Waals surface area contributed by atoms with Crippen molar-refractivity contribution in [3.8, 4) is 0 Å². The molecule has 0 bridgehead atoms. The lowest BCUT2D eigenvalue weighted by Gasteiger charge is -2.22. The highest BCUT2D eigenvalue weighted by atomic mass is 16.5. The van der Waals surface area contributed by atoms with Crippen molar-refractivity contribution in [2.45, 2.75) is 19.6 Å². The van der Waals surface area contributed by atoms with E-state index in [1.807, 2.05) is 48.3 Å². The van der Waals surface area contributed by atoms with Crippen molar-refractivity contribution in [3.63, 3.8) is 0 Å². The first-order chi connectivity index (χ1) is 9.88. The molecular formula is C17H18N2O. The second-order valence-electron chi connectivity index (χ2n) is 4.71. The van der Waals surface area contributed by atoms with E-state index in [1.54, 1.807) is 0 Å². The quantitative estimate of drug-likeness (QED) is 0.843. The van der Waals surface area contributed by atoms with Crippen LogP contribution in [0.1, 0.15) is 18.9 Å². The Morgan fingerprint density at radius 3 is 2.35 bits per heavy atom. The lowest BCUT2D eigenvalue weighted by molar-refractivity contribution is 0.0715. The summed E-state index contributed by atoms with van der Waals surface area (Å²) in [6, 6.07) is 20.5. The van der Waals surface area contributed by atoms with Gasteiger partial charge >= 0.3 is 0 Å². The number of nitrogens with zero attached hydrogens (tertiary/aromatic N) is 2. The lowest BCUT2D eigenvalue weighted by Crippen LogP contribution is -2.29. The summed E-state index contributed by atoms with van der Waals surface area (Å²) < 4.78 is 5.83. The number of rotatable bonds is 4. The second-order valence-corrected chi connectivity index (χ2v) is 4.71. The van der Waals surface area contributed by atoms with Gasteiger partial charge in [-0.1, -0.05) is 48.5 Å². The average Bonchev–Trinajstić information content (AvgIpc) is 2.94. The van der Waals surface area contributed by atoms with Crippen LogP contribution in [0.5, 0.6) is 0 Å². The minimum Gasteiger partial charge on any atom is -0.356 e. The normalized spacial score (nSPS) is 18.1. The first kappa shape index (κ1) is 12.9. The smallest absolute Gasteiger partial charge is 0.156 e. The summed E-state index contributed by atoms with van der Waals surface area (Å²) >= 11 is 0. The van der Waals surface area contributed by atoms with Gasteiger partial charge in [-0.3, -0.25) is 0 Å². The van der Waals surface area contributed by atoms with Crippen molar-refractivity contribution in [2.75, 3.05) is 11.6 Å². The van der Waals surface area contributed by atoms with Crippen LogP contribution in [0.3, 0.4) is 0 Å². The fraction of sp³-hybridized carbons (Fsp3) is 0.235. The summed E-state index contributed by atoms with van der Waals surface area (Å²) in [7, 11) is 0. The molecule has 20 heavy (non-hydrogen) atoms. The van der Waals surface area contributed by atoms with E-state index < -0.39 is 0 Å².